The number of aliphatic hydroxyl groups is 1. The molecule has 6 rings (SSSR count). The normalized spacial score (nSPS) is 19.7. The fourth-order valence-electron chi connectivity index (χ4n) is 4.48. The van der Waals surface area contributed by atoms with Crippen molar-refractivity contribution in [2.24, 2.45) is 0 Å². The van der Waals surface area contributed by atoms with Crippen LogP contribution in [-0.4, -0.2) is 49.9 Å². The first kappa shape index (κ1) is 23.8. The maximum atomic E-state index is 15.1. The van der Waals surface area contributed by atoms with Gasteiger partial charge in [-0.3, -0.25) is 20.2 Å². The third-order valence-electron chi connectivity index (χ3n) is 6.44. The second kappa shape index (κ2) is 10.0. The summed E-state index contributed by atoms with van der Waals surface area (Å²) in [7, 11) is 0. The molecule has 0 bridgehead atoms. The molecule has 4 aromatic rings. The van der Waals surface area contributed by atoms with Gasteiger partial charge < -0.3 is 9.84 Å². The van der Waals surface area contributed by atoms with Crippen LogP contribution in [0.2, 0.25) is 0 Å². The van der Waals surface area contributed by atoms with Crippen molar-refractivity contribution in [2.75, 3.05) is 11.4 Å². The number of aromatic nitrogens is 4. The zero-order valence-corrected chi connectivity index (χ0v) is 20.0. The number of benzene rings is 2. The minimum absolute atomic E-state index is 0.276. The molecule has 192 valence electrons. The number of nitrogens with one attached hydrogen (secondary N) is 1. The number of carbonyl (C=O) groups excluding carboxylic acids is 1. The topological polar surface area (TPSA) is 115 Å². The molecule has 2 unspecified atom stereocenters. The molecule has 2 aliphatic heterocycles. The highest BCUT2D eigenvalue weighted by Crippen LogP contribution is 2.31. The average Bonchev–Trinajstić information content (AvgIpc) is 3.71. The van der Waals surface area contributed by atoms with Crippen LogP contribution in [0.15, 0.2) is 85.3 Å². The lowest BCUT2D eigenvalue weighted by Gasteiger charge is -2.15. The Kier molecular flexibility index (Phi) is 6.28. The number of hydroxylamine groups is 1. The van der Waals surface area contributed by atoms with Crippen LogP contribution < -0.4 is 10.4 Å². The summed E-state index contributed by atoms with van der Waals surface area (Å²) in [6.45, 7) is 0.640. The molecule has 0 radical (unpaired) electrons. The van der Waals surface area contributed by atoms with Crippen molar-refractivity contribution in [3.63, 3.8) is 0 Å². The number of nitrogens with zero attached hydrogens (tertiary/aromatic N) is 5. The van der Waals surface area contributed by atoms with Crippen LogP contribution in [0.5, 0.6) is 0 Å². The first-order valence-electron chi connectivity index (χ1n) is 12.0. The van der Waals surface area contributed by atoms with Gasteiger partial charge in [0.1, 0.15) is 24.1 Å². The Morgan fingerprint density at radius 2 is 2.03 bits per heavy atom. The number of ether oxygens (including phenoxy) is 1. The molecule has 3 atom stereocenters. The molecule has 1 amide bonds. The SMILES string of the molecule is O=C1O[C@@H](Cn2ccnn2)CN1c1ccc(-c2ccc(C3=CC(C(O)c4ccccc4)ON3)nc2)c(F)c1. The lowest BCUT2D eigenvalue weighted by atomic mass is 10.0. The van der Waals surface area contributed by atoms with E-state index in [0.717, 1.165) is 5.56 Å². The number of carbonyl (C=O) groups is 1. The van der Waals surface area contributed by atoms with Gasteiger partial charge in [-0.2, -0.15) is 0 Å². The van der Waals surface area contributed by atoms with Gasteiger partial charge in [0.15, 0.2) is 0 Å². The van der Waals surface area contributed by atoms with Crippen LogP contribution in [-0.2, 0) is 16.1 Å². The van der Waals surface area contributed by atoms with E-state index >= 15 is 4.39 Å². The highest BCUT2D eigenvalue weighted by Gasteiger charge is 2.33. The number of anilines is 1. The number of cyclic esters (lactones) is 1. The first-order chi connectivity index (χ1) is 18.5. The van der Waals surface area contributed by atoms with E-state index in [1.54, 1.807) is 53.6 Å². The van der Waals surface area contributed by atoms with E-state index in [0.29, 0.717) is 34.8 Å². The van der Waals surface area contributed by atoms with Crippen molar-refractivity contribution < 1.29 is 23.9 Å². The molecular weight excluding hydrogens is 491 g/mol. The second-order valence-electron chi connectivity index (χ2n) is 8.96. The van der Waals surface area contributed by atoms with Gasteiger partial charge in [0, 0.05) is 23.5 Å². The third-order valence-corrected chi connectivity index (χ3v) is 6.44. The van der Waals surface area contributed by atoms with Crippen LogP contribution in [0.3, 0.4) is 0 Å². The monoisotopic (exact) mass is 514 g/mol. The molecule has 2 aromatic carbocycles. The Morgan fingerprint density at radius 1 is 1.16 bits per heavy atom. The smallest absolute Gasteiger partial charge is 0.414 e. The Morgan fingerprint density at radius 3 is 2.76 bits per heavy atom. The van der Waals surface area contributed by atoms with Crippen molar-refractivity contribution in [1.82, 2.24) is 25.5 Å². The van der Waals surface area contributed by atoms with Gasteiger partial charge in [-0.05, 0) is 35.9 Å². The predicted octanol–water partition coefficient (Wildman–Crippen LogP) is 3.48. The fourth-order valence-corrected chi connectivity index (χ4v) is 4.48. The maximum absolute atomic E-state index is 15.1. The number of amides is 1. The molecule has 2 aliphatic rings. The summed E-state index contributed by atoms with van der Waals surface area (Å²) in [5.41, 5.74) is 6.08. The lowest BCUT2D eigenvalue weighted by molar-refractivity contribution is -0.0299. The van der Waals surface area contributed by atoms with Gasteiger partial charge >= 0.3 is 6.09 Å². The summed E-state index contributed by atoms with van der Waals surface area (Å²) in [6, 6.07) is 17.3. The van der Waals surface area contributed by atoms with E-state index in [1.807, 2.05) is 30.3 Å². The van der Waals surface area contributed by atoms with Crippen LogP contribution in [0.25, 0.3) is 16.8 Å². The Labute approximate surface area is 216 Å². The van der Waals surface area contributed by atoms with Crippen molar-refractivity contribution in [2.45, 2.75) is 24.9 Å². The molecule has 1 saturated heterocycles. The van der Waals surface area contributed by atoms with Crippen LogP contribution >= 0.6 is 0 Å². The van der Waals surface area contributed by atoms with Gasteiger partial charge in [0.05, 0.1) is 36.4 Å². The standard InChI is InChI=1S/C27H23FN6O4/c28-22-12-19(34-16-20(37-27(34)36)15-33-11-10-30-32-33)7-8-21(22)18-6-9-23(29-14-18)24-13-25(38-31-24)26(35)17-4-2-1-3-5-17/h1-14,20,25-26,31,35H,15-16H2/t20-,25?,26?/m0/s1. The van der Waals surface area contributed by atoms with E-state index in [-0.39, 0.29) is 6.54 Å². The van der Waals surface area contributed by atoms with Crippen molar-refractivity contribution in [3.8, 4) is 11.1 Å². The zero-order valence-electron chi connectivity index (χ0n) is 20.0. The molecule has 1 fully saturated rings. The number of halogens is 1. The Balaban J connectivity index is 1.14. The van der Waals surface area contributed by atoms with Crippen LogP contribution in [0.1, 0.15) is 17.4 Å². The van der Waals surface area contributed by atoms with Crippen molar-refractivity contribution in [3.05, 3.63) is 102 Å². The van der Waals surface area contributed by atoms with E-state index in [1.165, 1.54) is 11.0 Å². The van der Waals surface area contributed by atoms with Gasteiger partial charge in [0.2, 0.25) is 0 Å². The minimum atomic E-state index is -0.834. The minimum Gasteiger partial charge on any atom is -0.442 e. The summed E-state index contributed by atoms with van der Waals surface area (Å²) < 4.78 is 22.1. The van der Waals surface area contributed by atoms with E-state index in [9.17, 15) is 9.90 Å². The highest BCUT2D eigenvalue weighted by molar-refractivity contribution is 5.90. The average molecular weight is 515 g/mol. The predicted molar refractivity (Wildman–Crippen MR) is 135 cm³/mol. The Bertz CT molecular complexity index is 1460. The molecule has 0 aliphatic carbocycles. The summed E-state index contributed by atoms with van der Waals surface area (Å²) >= 11 is 0. The molecule has 0 spiro atoms. The molecule has 11 heteroatoms. The molecule has 4 heterocycles. The molecule has 2 N–H and O–H groups in total. The number of hydrogen-bond donors (Lipinski definition) is 2. The van der Waals surface area contributed by atoms with Gasteiger partial charge in [-0.25, -0.2) is 13.9 Å². The Hall–Kier alpha value is -4.61. The first-order valence-corrected chi connectivity index (χ1v) is 12.0. The largest absolute Gasteiger partial charge is 0.442 e. The number of pyridine rings is 1. The number of aliphatic hydroxyl groups excluding tert-OH is 1. The maximum Gasteiger partial charge on any atom is 0.414 e. The summed E-state index contributed by atoms with van der Waals surface area (Å²) in [6.07, 6.45) is 4.19. The van der Waals surface area contributed by atoms with Gasteiger partial charge in [-0.1, -0.05) is 41.6 Å². The van der Waals surface area contributed by atoms with E-state index in [2.05, 4.69) is 20.8 Å². The molecule has 10 nitrogen and oxygen atoms in total. The third kappa shape index (κ3) is 4.72. The molecule has 2 aromatic heterocycles. The second-order valence-corrected chi connectivity index (χ2v) is 8.96. The summed E-state index contributed by atoms with van der Waals surface area (Å²) in [5, 5.41) is 18.2. The van der Waals surface area contributed by atoms with Gasteiger partial charge in [-0.15, -0.1) is 5.10 Å². The zero-order chi connectivity index (χ0) is 26.1. The highest BCUT2D eigenvalue weighted by atomic mass is 19.1. The van der Waals surface area contributed by atoms with Crippen molar-refractivity contribution >= 4 is 17.5 Å². The lowest BCUT2D eigenvalue weighted by Crippen LogP contribution is -2.26. The van der Waals surface area contributed by atoms with Crippen molar-refractivity contribution in [1.29, 1.82) is 0 Å². The fraction of sp³-hybridized carbons (Fsp3) is 0.185. The van der Waals surface area contributed by atoms with Gasteiger partial charge in [0.25, 0.3) is 0 Å². The van der Waals surface area contributed by atoms with Crippen LogP contribution in [0.4, 0.5) is 14.9 Å². The quantitative estimate of drug-likeness (QED) is 0.385. The number of rotatable bonds is 7. The number of hydrogen-bond acceptors (Lipinski definition) is 8. The molecule has 0 saturated carbocycles. The van der Waals surface area contributed by atoms with Crippen LogP contribution in [0, 0.1) is 5.82 Å². The van der Waals surface area contributed by atoms with E-state index < -0.39 is 30.2 Å². The molecular formula is C27H23FN6O4. The summed E-state index contributed by atoms with van der Waals surface area (Å²) in [5.74, 6) is -0.489. The summed E-state index contributed by atoms with van der Waals surface area (Å²) in [4.78, 5) is 23.8. The molecule has 38 heavy (non-hydrogen) atoms. The van der Waals surface area contributed by atoms with E-state index in [4.69, 9.17) is 9.57 Å².